The summed E-state index contributed by atoms with van der Waals surface area (Å²) in [7, 11) is 1.46. The van der Waals surface area contributed by atoms with Crippen LogP contribution in [0.3, 0.4) is 0 Å². The maximum absolute atomic E-state index is 12.5. The quantitative estimate of drug-likeness (QED) is 0.237. The summed E-state index contributed by atoms with van der Waals surface area (Å²) in [4.78, 5) is 24.5. The van der Waals surface area contributed by atoms with Crippen LogP contribution in [0.4, 0.5) is 0 Å². The molecule has 0 atom stereocenters. The normalized spacial score (nSPS) is 11.8. The van der Waals surface area contributed by atoms with Gasteiger partial charge in [0.05, 0.1) is 18.9 Å². The molecule has 0 aliphatic carbocycles. The third-order valence-corrected chi connectivity index (χ3v) is 4.76. The maximum Gasteiger partial charge on any atom is 0.343 e. The van der Waals surface area contributed by atoms with E-state index in [2.05, 4.69) is 10.5 Å². The number of aryl methyl sites for hydroxylation is 1. The Balaban J connectivity index is 1.33. The minimum Gasteiger partial charge on any atom is -0.493 e. The van der Waals surface area contributed by atoms with Crippen LogP contribution in [0, 0.1) is 6.92 Å². The summed E-state index contributed by atoms with van der Waals surface area (Å²) in [6.45, 7) is 1.89. The molecule has 0 radical (unpaired) electrons. The van der Waals surface area contributed by atoms with E-state index in [4.69, 9.17) is 23.7 Å². The third-order valence-electron chi connectivity index (χ3n) is 4.76. The van der Waals surface area contributed by atoms with Crippen LogP contribution in [0.5, 0.6) is 28.7 Å². The monoisotopic (exact) mass is 462 g/mol. The van der Waals surface area contributed by atoms with Gasteiger partial charge in [0.15, 0.2) is 29.6 Å². The van der Waals surface area contributed by atoms with Crippen molar-refractivity contribution in [1.82, 2.24) is 5.43 Å². The van der Waals surface area contributed by atoms with Gasteiger partial charge in [0.1, 0.15) is 5.75 Å². The minimum absolute atomic E-state index is 0.116. The van der Waals surface area contributed by atoms with Crippen LogP contribution >= 0.6 is 0 Å². The molecular formula is C25H22N2O7. The fraction of sp³-hybridized carbons (Fsp3) is 0.160. The Morgan fingerprint density at radius 1 is 1.03 bits per heavy atom. The second-order valence-electron chi connectivity index (χ2n) is 7.27. The Morgan fingerprint density at radius 2 is 1.88 bits per heavy atom. The van der Waals surface area contributed by atoms with E-state index in [9.17, 15) is 9.59 Å². The molecule has 174 valence electrons. The second kappa shape index (κ2) is 10.4. The van der Waals surface area contributed by atoms with Gasteiger partial charge in [-0.05, 0) is 66.6 Å². The summed E-state index contributed by atoms with van der Waals surface area (Å²) in [5, 5.41) is 3.92. The van der Waals surface area contributed by atoms with Crippen molar-refractivity contribution in [3.8, 4) is 28.7 Å². The molecule has 3 aromatic carbocycles. The number of hydrogen-bond acceptors (Lipinski definition) is 8. The molecule has 1 aliphatic heterocycles. The van der Waals surface area contributed by atoms with E-state index in [0.29, 0.717) is 34.1 Å². The summed E-state index contributed by atoms with van der Waals surface area (Å²) >= 11 is 0. The molecule has 9 heteroatoms. The molecular weight excluding hydrogens is 440 g/mol. The number of nitrogens with zero attached hydrogens (tertiary/aromatic N) is 1. The van der Waals surface area contributed by atoms with Crippen LogP contribution in [-0.2, 0) is 4.79 Å². The molecule has 34 heavy (non-hydrogen) atoms. The Morgan fingerprint density at radius 3 is 2.71 bits per heavy atom. The van der Waals surface area contributed by atoms with Crippen LogP contribution in [0.2, 0.25) is 0 Å². The van der Waals surface area contributed by atoms with Gasteiger partial charge in [-0.15, -0.1) is 0 Å². The number of esters is 1. The maximum atomic E-state index is 12.5. The number of hydrazone groups is 1. The van der Waals surface area contributed by atoms with E-state index < -0.39 is 11.9 Å². The van der Waals surface area contributed by atoms with Crippen LogP contribution < -0.4 is 29.1 Å². The Bertz CT molecular complexity index is 1240. The van der Waals surface area contributed by atoms with Gasteiger partial charge in [0, 0.05) is 0 Å². The molecule has 0 aromatic heterocycles. The lowest BCUT2D eigenvalue weighted by atomic mass is 10.2. The predicted molar refractivity (Wildman–Crippen MR) is 123 cm³/mol. The smallest absolute Gasteiger partial charge is 0.343 e. The molecule has 9 nitrogen and oxygen atoms in total. The molecule has 0 saturated carbocycles. The molecule has 4 rings (SSSR count). The SMILES string of the molecule is COc1cc(C=NNC(=O)COc2cccc(C)c2)ccc1OC(=O)c1ccc2c(c1)OCO2. The molecule has 1 N–H and O–H groups in total. The Hall–Kier alpha value is -4.53. The van der Waals surface area contributed by atoms with E-state index in [1.54, 1.807) is 42.5 Å². The van der Waals surface area contributed by atoms with E-state index >= 15 is 0 Å². The van der Waals surface area contributed by atoms with Crippen molar-refractivity contribution >= 4 is 18.1 Å². The van der Waals surface area contributed by atoms with E-state index in [0.717, 1.165) is 5.56 Å². The van der Waals surface area contributed by atoms with Gasteiger partial charge >= 0.3 is 5.97 Å². The number of ether oxygens (including phenoxy) is 5. The van der Waals surface area contributed by atoms with Crippen molar-refractivity contribution in [2.24, 2.45) is 5.10 Å². The first-order chi connectivity index (χ1) is 16.5. The molecule has 3 aromatic rings. The van der Waals surface area contributed by atoms with Gasteiger partial charge in [-0.2, -0.15) is 5.10 Å². The van der Waals surface area contributed by atoms with Gasteiger partial charge in [-0.1, -0.05) is 12.1 Å². The number of fused-ring (bicyclic) bond motifs is 1. The van der Waals surface area contributed by atoms with Crippen LogP contribution in [0.1, 0.15) is 21.5 Å². The topological polar surface area (TPSA) is 105 Å². The zero-order valence-corrected chi connectivity index (χ0v) is 18.6. The highest BCUT2D eigenvalue weighted by atomic mass is 16.7. The van der Waals surface area contributed by atoms with Gasteiger partial charge in [0.2, 0.25) is 6.79 Å². The van der Waals surface area contributed by atoms with E-state index in [-0.39, 0.29) is 19.1 Å². The number of methoxy groups -OCH3 is 1. The number of amides is 1. The molecule has 1 heterocycles. The Kier molecular flexibility index (Phi) is 6.92. The van der Waals surface area contributed by atoms with E-state index in [1.807, 2.05) is 25.1 Å². The highest BCUT2D eigenvalue weighted by molar-refractivity contribution is 5.92. The first-order valence-corrected chi connectivity index (χ1v) is 10.3. The molecule has 0 saturated heterocycles. The zero-order valence-electron chi connectivity index (χ0n) is 18.6. The molecule has 0 unspecified atom stereocenters. The van der Waals surface area contributed by atoms with Gasteiger partial charge < -0.3 is 23.7 Å². The molecule has 1 amide bonds. The van der Waals surface area contributed by atoms with E-state index in [1.165, 1.54) is 13.3 Å². The summed E-state index contributed by atoms with van der Waals surface area (Å²) in [6, 6.07) is 17.1. The van der Waals surface area contributed by atoms with Gasteiger partial charge in [-0.3, -0.25) is 4.79 Å². The number of benzene rings is 3. The first-order valence-electron chi connectivity index (χ1n) is 10.3. The van der Waals surface area contributed by atoms with Gasteiger partial charge in [-0.25, -0.2) is 10.2 Å². The summed E-state index contributed by atoms with van der Waals surface area (Å²) in [5.41, 5.74) is 4.37. The molecule has 1 aliphatic rings. The summed E-state index contributed by atoms with van der Waals surface area (Å²) in [6.07, 6.45) is 1.44. The highest BCUT2D eigenvalue weighted by Gasteiger charge is 2.18. The predicted octanol–water partition coefficient (Wildman–Crippen LogP) is 3.48. The van der Waals surface area contributed by atoms with Crippen LogP contribution in [-0.4, -0.2) is 38.6 Å². The van der Waals surface area contributed by atoms with Crippen molar-refractivity contribution < 1.29 is 33.3 Å². The fourth-order valence-electron chi connectivity index (χ4n) is 3.10. The van der Waals surface area contributed by atoms with Crippen molar-refractivity contribution in [2.45, 2.75) is 6.92 Å². The zero-order chi connectivity index (χ0) is 23.9. The van der Waals surface area contributed by atoms with Crippen molar-refractivity contribution in [2.75, 3.05) is 20.5 Å². The molecule has 0 fully saturated rings. The van der Waals surface area contributed by atoms with Gasteiger partial charge in [0.25, 0.3) is 5.91 Å². The number of rotatable bonds is 8. The van der Waals surface area contributed by atoms with Crippen molar-refractivity contribution in [3.63, 3.8) is 0 Å². The lowest BCUT2D eigenvalue weighted by Gasteiger charge is -2.10. The number of carbonyl (C=O) groups excluding carboxylic acids is 2. The van der Waals surface area contributed by atoms with Crippen molar-refractivity contribution in [3.05, 3.63) is 77.4 Å². The Labute approximate surface area is 195 Å². The fourth-order valence-corrected chi connectivity index (χ4v) is 3.10. The number of hydrogen-bond donors (Lipinski definition) is 1. The minimum atomic E-state index is -0.570. The summed E-state index contributed by atoms with van der Waals surface area (Å²) in [5.74, 6) is 1.25. The standard InChI is InChI=1S/C25H22N2O7/c1-16-4-3-5-19(10-16)31-14-24(28)27-26-13-17-6-8-21(22(11-17)30-2)34-25(29)18-7-9-20-23(12-18)33-15-32-20/h3-13H,14-15H2,1-2H3,(H,27,28). The third kappa shape index (κ3) is 5.63. The number of carbonyl (C=O) groups is 2. The highest BCUT2D eigenvalue weighted by Crippen LogP contribution is 2.33. The average Bonchev–Trinajstić information content (AvgIpc) is 3.31. The second-order valence-corrected chi connectivity index (χ2v) is 7.27. The molecule has 0 bridgehead atoms. The summed E-state index contributed by atoms with van der Waals surface area (Å²) < 4.78 is 26.8. The largest absolute Gasteiger partial charge is 0.493 e. The first kappa shape index (κ1) is 22.7. The molecule has 0 spiro atoms. The average molecular weight is 462 g/mol. The van der Waals surface area contributed by atoms with Crippen LogP contribution in [0.15, 0.2) is 65.8 Å². The van der Waals surface area contributed by atoms with Crippen LogP contribution in [0.25, 0.3) is 0 Å². The lowest BCUT2D eigenvalue weighted by Crippen LogP contribution is -2.24. The van der Waals surface area contributed by atoms with Crippen molar-refractivity contribution in [1.29, 1.82) is 0 Å². The number of nitrogens with one attached hydrogen (secondary N) is 1. The lowest BCUT2D eigenvalue weighted by molar-refractivity contribution is -0.123.